The summed E-state index contributed by atoms with van der Waals surface area (Å²) in [5.74, 6) is -4.75. The molecule has 3 rings (SSSR count). The molecule has 0 N–H and O–H groups in total. The van der Waals surface area contributed by atoms with Gasteiger partial charge in [0.1, 0.15) is 5.50 Å². The molecule has 1 saturated heterocycles. The van der Waals surface area contributed by atoms with Crippen molar-refractivity contribution in [2.45, 2.75) is 11.5 Å². The van der Waals surface area contributed by atoms with Crippen molar-refractivity contribution in [3.8, 4) is 0 Å². The van der Waals surface area contributed by atoms with E-state index in [2.05, 4.69) is 4.74 Å². The lowest BCUT2D eigenvalue weighted by Gasteiger charge is -2.44. The Morgan fingerprint density at radius 3 is 2.04 bits per heavy atom. The third kappa shape index (κ3) is 1.95. The van der Waals surface area contributed by atoms with E-state index < -0.39 is 41.1 Å². The van der Waals surface area contributed by atoms with E-state index in [1.807, 2.05) is 0 Å². The number of rotatable bonds is 1. The van der Waals surface area contributed by atoms with Crippen LogP contribution in [0.25, 0.3) is 0 Å². The lowest BCUT2D eigenvalue weighted by atomic mass is 10.1. The first-order valence-corrected chi connectivity index (χ1v) is 6.90. The maximum absolute atomic E-state index is 12.3. The molecule has 1 fully saturated rings. The van der Waals surface area contributed by atoms with Gasteiger partial charge in [0.25, 0.3) is 17.7 Å². The van der Waals surface area contributed by atoms with Gasteiger partial charge in [-0.25, -0.2) is 4.79 Å². The minimum absolute atomic E-state index is 0.159. The number of halogens is 1. The maximum atomic E-state index is 12.3. The van der Waals surface area contributed by atoms with E-state index >= 15 is 0 Å². The van der Waals surface area contributed by atoms with Crippen LogP contribution in [0.2, 0.25) is 0 Å². The zero-order valence-corrected chi connectivity index (χ0v) is 12.4. The molecule has 0 spiro atoms. The fraction of sp³-hybridized carbons (Fsp3) is 0.214. The smallest absolute Gasteiger partial charge is 0.397 e. The quantitative estimate of drug-likeness (QED) is 0.175. The first-order valence-electron chi connectivity index (χ1n) is 6.46. The molecule has 8 nitrogen and oxygen atoms in total. The van der Waals surface area contributed by atoms with Crippen LogP contribution in [-0.2, 0) is 19.1 Å². The highest BCUT2D eigenvalue weighted by Crippen LogP contribution is 2.34. The van der Waals surface area contributed by atoms with Crippen molar-refractivity contribution >= 4 is 41.2 Å². The van der Waals surface area contributed by atoms with Crippen molar-refractivity contribution in [2.75, 3.05) is 7.11 Å². The highest BCUT2D eigenvalue weighted by molar-refractivity contribution is 6.41. The van der Waals surface area contributed by atoms with Gasteiger partial charge in [-0.05, 0) is 12.1 Å². The summed E-state index contributed by atoms with van der Waals surface area (Å²) in [5, 5.41) is 0. The van der Waals surface area contributed by atoms with Crippen molar-refractivity contribution in [1.29, 1.82) is 0 Å². The number of carbonyl (C=O) groups is 5. The number of amides is 4. The molecule has 118 valence electrons. The highest BCUT2D eigenvalue weighted by atomic mass is 35.5. The number of nitrogens with zero attached hydrogens (tertiary/aromatic N) is 2. The molecule has 2 heterocycles. The second-order valence-corrected chi connectivity index (χ2v) is 5.30. The molecule has 23 heavy (non-hydrogen) atoms. The number of esters is 1. The van der Waals surface area contributed by atoms with Crippen LogP contribution < -0.4 is 0 Å². The number of carbonyl (C=O) groups excluding carboxylic acids is 5. The van der Waals surface area contributed by atoms with Gasteiger partial charge >= 0.3 is 11.9 Å². The predicted octanol–water partition coefficient (Wildman–Crippen LogP) is -0.242. The van der Waals surface area contributed by atoms with Crippen molar-refractivity contribution in [2.24, 2.45) is 0 Å². The summed E-state index contributed by atoms with van der Waals surface area (Å²) in [4.78, 5) is 60.8. The summed E-state index contributed by atoms with van der Waals surface area (Å²) in [5.41, 5.74) is -1.00. The number of ether oxygens (including phenoxy) is 1. The first-order chi connectivity index (χ1) is 10.9. The average Bonchev–Trinajstić information content (AvgIpc) is 2.80. The molecule has 0 aromatic heterocycles. The summed E-state index contributed by atoms with van der Waals surface area (Å²) in [6.07, 6.45) is 0. The minimum atomic E-state index is -1.34. The van der Waals surface area contributed by atoms with Gasteiger partial charge in [0.05, 0.1) is 18.2 Å². The topological polar surface area (TPSA) is 101 Å². The zero-order valence-electron chi connectivity index (χ0n) is 11.7. The van der Waals surface area contributed by atoms with Gasteiger partial charge in [-0.2, -0.15) is 0 Å². The van der Waals surface area contributed by atoms with Crippen LogP contribution in [0.3, 0.4) is 0 Å². The predicted molar refractivity (Wildman–Crippen MR) is 74.2 cm³/mol. The van der Waals surface area contributed by atoms with Gasteiger partial charge < -0.3 is 4.74 Å². The molecular weight excluding hydrogens is 328 g/mol. The summed E-state index contributed by atoms with van der Waals surface area (Å²) >= 11 is 5.96. The van der Waals surface area contributed by atoms with Crippen LogP contribution in [-0.4, -0.2) is 58.1 Å². The number of benzene rings is 1. The molecule has 2 atom stereocenters. The number of alkyl halides is 1. The Morgan fingerprint density at radius 2 is 1.61 bits per heavy atom. The molecule has 2 aliphatic heterocycles. The van der Waals surface area contributed by atoms with Crippen LogP contribution in [0.4, 0.5) is 0 Å². The van der Waals surface area contributed by atoms with E-state index in [4.69, 9.17) is 11.6 Å². The Morgan fingerprint density at radius 1 is 1.09 bits per heavy atom. The normalized spacial score (nSPS) is 22.8. The fourth-order valence-electron chi connectivity index (χ4n) is 2.53. The average molecular weight is 337 g/mol. The van der Waals surface area contributed by atoms with Gasteiger partial charge in [0.2, 0.25) is 0 Å². The van der Waals surface area contributed by atoms with Crippen LogP contribution in [0, 0.1) is 0 Å². The summed E-state index contributed by atoms with van der Waals surface area (Å²) in [6.45, 7) is 0. The van der Waals surface area contributed by atoms with Gasteiger partial charge in [-0.15, -0.1) is 0 Å². The van der Waals surface area contributed by atoms with Crippen molar-refractivity contribution in [1.82, 2.24) is 9.80 Å². The molecule has 1 aromatic rings. The van der Waals surface area contributed by atoms with Gasteiger partial charge in [0, 0.05) is 0 Å². The molecule has 2 aliphatic rings. The summed E-state index contributed by atoms with van der Waals surface area (Å²) < 4.78 is 4.23. The lowest BCUT2D eigenvalue weighted by molar-refractivity contribution is -0.170. The lowest BCUT2D eigenvalue weighted by Crippen LogP contribution is -2.71. The molecule has 0 saturated carbocycles. The summed E-state index contributed by atoms with van der Waals surface area (Å²) in [7, 11) is 0.982. The number of hydrogen-bond acceptors (Lipinski definition) is 6. The molecule has 4 amide bonds. The van der Waals surface area contributed by atoms with E-state index in [1.54, 1.807) is 12.1 Å². The Balaban J connectivity index is 1.87. The second-order valence-electron chi connectivity index (χ2n) is 4.85. The number of methoxy groups -OCH3 is 1. The van der Waals surface area contributed by atoms with Gasteiger partial charge in [0.15, 0.2) is 6.04 Å². The van der Waals surface area contributed by atoms with Crippen molar-refractivity contribution in [3.63, 3.8) is 0 Å². The molecule has 2 unspecified atom stereocenters. The van der Waals surface area contributed by atoms with Gasteiger partial charge in [-0.3, -0.25) is 29.0 Å². The largest absolute Gasteiger partial charge is 0.462 e. The van der Waals surface area contributed by atoms with Gasteiger partial charge in [-0.1, -0.05) is 23.7 Å². The van der Waals surface area contributed by atoms with E-state index in [1.165, 1.54) is 12.1 Å². The maximum Gasteiger partial charge on any atom is 0.397 e. The van der Waals surface area contributed by atoms with E-state index in [-0.39, 0.29) is 11.1 Å². The number of likely N-dealkylation sites (tertiary alicyclic amines) is 1. The minimum Gasteiger partial charge on any atom is -0.462 e. The number of hydrogen-bond donors (Lipinski definition) is 0. The van der Waals surface area contributed by atoms with Crippen LogP contribution in [0.5, 0.6) is 0 Å². The zero-order chi connectivity index (χ0) is 16.9. The number of imide groups is 2. The Hall–Kier alpha value is -2.74. The highest BCUT2D eigenvalue weighted by Gasteiger charge is 2.59. The van der Waals surface area contributed by atoms with Crippen LogP contribution in [0.15, 0.2) is 24.3 Å². The van der Waals surface area contributed by atoms with Crippen molar-refractivity contribution < 1.29 is 28.7 Å². The monoisotopic (exact) mass is 336 g/mol. The second kappa shape index (κ2) is 5.17. The molecule has 1 aromatic carbocycles. The molecule has 9 heteroatoms. The standard InChI is InChI=1S/C14H9ClN2O6/c1-23-14(22)13(21)17-9(15)8(12(17)20)16-10(18)6-4-2-3-5-7(6)11(16)19/h2-5,8-9H,1H3. The van der Waals surface area contributed by atoms with E-state index in [0.717, 1.165) is 7.11 Å². The number of β-lactam (4-membered cyclic amide) rings is 1. The molecule has 0 bridgehead atoms. The molecular formula is C14H9ClN2O6. The summed E-state index contributed by atoms with van der Waals surface area (Å²) in [6, 6.07) is 4.75. The van der Waals surface area contributed by atoms with Crippen molar-refractivity contribution in [3.05, 3.63) is 35.4 Å². The third-order valence-electron chi connectivity index (χ3n) is 3.68. The molecule has 0 aliphatic carbocycles. The van der Waals surface area contributed by atoms with Crippen LogP contribution >= 0.6 is 11.6 Å². The number of fused-ring (bicyclic) bond motifs is 1. The first kappa shape index (κ1) is 15.2. The Labute approximate surface area is 134 Å². The van der Waals surface area contributed by atoms with E-state index in [9.17, 15) is 24.0 Å². The molecule has 0 radical (unpaired) electrons. The Bertz CT molecular complexity index is 741. The Kier molecular flexibility index (Phi) is 3.41. The SMILES string of the molecule is COC(=O)C(=O)N1C(=O)C(N2C(=O)c3ccccc3C2=O)C1Cl. The van der Waals surface area contributed by atoms with E-state index in [0.29, 0.717) is 9.80 Å². The van der Waals surface area contributed by atoms with Crippen LogP contribution in [0.1, 0.15) is 20.7 Å². The fourth-order valence-corrected chi connectivity index (χ4v) is 2.94. The third-order valence-corrected chi connectivity index (χ3v) is 4.11.